The van der Waals surface area contributed by atoms with Crippen LogP contribution in [0.15, 0.2) is 48.5 Å². The van der Waals surface area contributed by atoms with Crippen molar-refractivity contribution in [3.63, 3.8) is 0 Å². The molecule has 0 aromatic heterocycles. The maximum atomic E-state index is 10.4. The highest BCUT2D eigenvalue weighted by Gasteiger charge is 2.29. The third kappa shape index (κ3) is 23.5. The maximum absolute atomic E-state index is 10.4. The first kappa shape index (κ1) is 70.5. The fourth-order valence-electron chi connectivity index (χ4n) is 12.5. The molecule has 84 heavy (non-hydrogen) atoms. The predicted octanol–water partition coefficient (Wildman–Crippen LogP) is 12.5. The number of ether oxygens (including phenoxy) is 4. The number of quaternary nitrogens is 4. The quantitative estimate of drug-likeness (QED) is 0.0226. The third-order valence-corrected chi connectivity index (χ3v) is 17.0. The van der Waals surface area contributed by atoms with E-state index >= 15 is 0 Å². The molecular weight excluding hydrogens is 1050 g/mol. The summed E-state index contributed by atoms with van der Waals surface area (Å²) >= 11 is 0. The number of hydrogen-bond donors (Lipinski definition) is 4. The average Bonchev–Trinajstić information content (AvgIpc) is 1.75. The molecule has 4 aromatic rings. The summed E-state index contributed by atoms with van der Waals surface area (Å²) in [4.78, 5) is 0. The van der Waals surface area contributed by atoms with E-state index in [9.17, 15) is 20.4 Å². The summed E-state index contributed by atoms with van der Waals surface area (Å²) in [5, 5.41) is 41.6. The van der Waals surface area contributed by atoms with Gasteiger partial charge in [0.25, 0.3) is 0 Å². The van der Waals surface area contributed by atoms with E-state index in [2.05, 4.69) is 133 Å². The van der Waals surface area contributed by atoms with Gasteiger partial charge in [0.1, 0.15) is 75.4 Å². The van der Waals surface area contributed by atoms with Crippen molar-refractivity contribution in [2.24, 2.45) is 0 Å². The van der Waals surface area contributed by atoms with E-state index in [0.717, 1.165) is 196 Å². The van der Waals surface area contributed by atoms with Crippen LogP contribution in [0.4, 0.5) is 0 Å². The van der Waals surface area contributed by atoms with Crippen molar-refractivity contribution in [1.82, 2.24) is 0 Å². The summed E-state index contributed by atoms with van der Waals surface area (Å²) in [5.74, 6) is 3.73. The van der Waals surface area contributed by atoms with Crippen LogP contribution in [0.5, 0.6) is 23.0 Å². The summed E-state index contributed by atoms with van der Waals surface area (Å²) < 4.78 is 31.7. The van der Waals surface area contributed by atoms with E-state index in [1.54, 1.807) is 0 Å². The van der Waals surface area contributed by atoms with Gasteiger partial charge in [0.15, 0.2) is 0 Å². The highest BCUT2D eigenvalue weighted by atomic mass is 16.5. The zero-order chi connectivity index (χ0) is 61.2. The van der Waals surface area contributed by atoms with E-state index in [1.807, 2.05) is 0 Å². The molecule has 4 N–H and O–H groups in total. The number of aliphatic hydroxyl groups excluding tert-OH is 4. The van der Waals surface area contributed by atoms with Gasteiger partial charge in [0.05, 0.1) is 109 Å². The van der Waals surface area contributed by atoms with Crippen molar-refractivity contribution in [2.45, 2.75) is 182 Å². The molecule has 0 spiro atoms. The Labute approximate surface area is 511 Å². The number of nitrogens with zero attached hydrogens (tertiary/aromatic N) is 4. The van der Waals surface area contributed by atoms with Crippen LogP contribution >= 0.6 is 0 Å². The summed E-state index contributed by atoms with van der Waals surface area (Å²) in [6.45, 7) is 17.2. The summed E-state index contributed by atoms with van der Waals surface area (Å²) in [6, 6.07) is 19.1. The van der Waals surface area contributed by atoms with Crippen molar-refractivity contribution >= 4 is 0 Å². The summed E-state index contributed by atoms with van der Waals surface area (Å²) in [5.41, 5.74) is 13.8. The second kappa shape index (κ2) is 35.5. The standard InChI is InChI=1S/C72H120N4O8/c1-13-17-21-25-37-81-69-61-41-57(53-73(5,6)29-33-77)42-62(69)50-64-44-59(55-75(9,10)31-35-79)46-66(71(64)83-39-27-23-19-15-3)52-68-48-60(56-76(11,12)32-36-80)47-67(72(68)84-40-28-24-20-16-4)51-65-45-58(54-74(7,8)30-34-78)43-63(49-61)70(65)82-38-26-22-18-14-2/h41-48,77-80H,13-40,49-56H2,1-12H3/q+4. The molecule has 8 bridgehead atoms. The third-order valence-electron chi connectivity index (χ3n) is 17.0. The number of hydrogen-bond acceptors (Lipinski definition) is 8. The smallest absolute Gasteiger partial charge is 0.126 e. The SMILES string of the molecule is CCCCCCOc1c2cc(C[N+](C)(C)CCO)cc1Cc1cc(C[N+](C)(C)CCO)cc(c1OCCCCCC)Cc1cc(C[N+](C)(C)CCO)cc(c1OCCCCCC)Cc1cc(C[N+](C)(C)CCO)cc(c1OCCCCCC)C2. The van der Waals surface area contributed by atoms with Gasteiger partial charge in [-0.3, -0.25) is 0 Å². The Morgan fingerprint density at radius 2 is 0.464 bits per heavy atom. The van der Waals surface area contributed by atoms with Crippen molar-refractivity contribution in [2.75, 3.05) is 135 Å². The first-order chi connectivity index (χ1) is 40.2. The molecule has 0 unspecified atom stereocenters. The molecule has 0 amide bonds. The van der Waals surface area contributed by atoms with Gasteiger partial charge < -0.3 is 57.3 Å². The summed E-state index contributed by atoms with van der Waals surface area (Å²) in [6.07, 6.45) is 19.8. The zero-order valence-corrected chi connectivity index (χ0v) is 55.3. The molecule has 0 aliphatic heterocycles. The lowest BCUT2D eigenvalue weighted by molar-refractivity contribution is -0.903. The Bertz CT molecular complexity index is 2130. The van der Waals surface area contributed by atoms with E-state index < -0.39 is 0 Å². The van der Waals surface area contributed by atoms with Crippen LogP contribution in [0.2, 0.25) is 0 Å². The molecule has 472 valence electrons. The molecule has 0 saturated carbocycles. The highest BCUT2D eigenvalue weighted by molar-refractivity contribution is 5.58. The van der Waals surface area contributed by atoms with Gasteiger partial charge in [-0.05, 0) is 119 Å². The van der Waals surface area contributed by atoms with Crippen LogP contribution in [0.25, 0.3) is 0 Å². The molecule has 0 heterocycles. The number of benzene rings is 4. The van der Waals surface area contributed by atoms with Crippen LogP contribution in [0.3, 0.4) is 0 Å². The Hall–Kier alpha value is -4.24. The lowest BCUT2D eigenvalue weighted by Gasteiger charge is -2.31. The predicted molar refractivity (Wildman–Crippen MR) is 347 cm³/mol. The molecule has 5 rings (SSSR count). The second-order valence-corrected chi connectivity index (χ2v) is 27.5. The fraction of sp³-hybridized carbons (Fsp3) is 0.667. The maximum Gasteiger partial charge on any atom is 0.126 e. The van der Waals surface area contributed by atoms with Gasteiger partial charge in [0.2, 0.25) is 0 Å². The summed E-state index contributed by atoms with van der Waals surface area (Å²) in [7, 11) is 17.7. The van der Waals surface area contributed by atoms with Crippen LogP contribution in [-0.4, -0.2) is 174 Å². The van der Waals surface area contributed by atoms with Gasteiger partial charge in [0, 0.05) is 47.9 Å². The van der Waals surface area contributed by atoms with Crippen molar-refractivity contribution in [1.29, 1.82) is 0 Å². The minimum Gasteiger partial charge on any atom is -0.493 e. The Kier molecular flexibility index (Phi) is 29.8. The van der Waals surface area contributed by atoms with Crippen LogP contribution < -0.4 is 18.9 Å². The minimum absolute atomic E-state index is 0.0969. The number of unbranched alkanes of at least 4 members (excludes halogenated alkanes) is 12. The van der Waals surface area contributed by atoms with E-state index in [1.165, 1.54) is 22.3 Å². The fourth-order valence-corrected chi connectivity index (χ4v) is 12.5. The number of fused-ring (bicyclic) bond motifs is 8. The lowest BCUT2D eigenvalue weighted by atomic mass is 9.88. The Balaban J connectivity index is 2.02. The monoisotopic (exact) mass is 1170 g/mol. The van der Waals surface area contributed by atoms with Crippen molar-refractivity contribution in [3.05, 3.63) is 115 Å². The second-order valence-electron chi connectivity index (χ2n) is 27.5. The highest BCUT2D eigenvalue weighted by Crippen LogP contribution is 2.42. The van der Waals surface area contributed by atoms with Gasteiger partial charge in [-0.1, -0.05) is 105 Å². The molecule has 4 aromatic carbocycles. The van der Waals surface area contributed by atoms with Gasteiger partial charge >= 0.3 is 0 Å². The number of aliphatic hydroxyl groups is 4. The molecule has 0 saturated heterocycles. The van der Waals surface area contributed by atoms with E-state index in [4.69, 9.17) is 18.9 Å². The first-order valence-electron chi connectivity index (χ1n) is 33.0. The van der Waals surface area contributed by atoms with E-state index in [0.29, 0.717) is 96.2 Å². The normalized spacial score (nSPS) is 13.1. The molecule has 0 fully saturated rings. The molecule has 1 aliphatic carbocycles. The van der Waals surface area contributed by atoms with Crippen LogP contribution in [0.1, 0.15) is 197 Å². The molecule has 0 radical (unpaired) electrons. The minimum atomic E-state index is 0.0969. The van der Waals surface area contributed by atoms with Crippen LogP contribution in [-0.2, 0) is 51.9 Å². The first-order valence-corrected chi connectivity index (χ1v) is 33.0. The molecule has 1 aliphatic rings. The van der Waals surface area contributed by atoms with Crippen molar-refractivity contribution < 1.29 is 57.3 Å². The Morgan fingerprint density at radius 3 is 0.619 bits per heavy atom. The van der Waals surface area contributed by atoms with E-state index in [-0.39, 0.29) is 26.4 Å². The zero-order valence-electron chi connectivity index (χ0n) is 55.3. The Morgan fingerprint density at radius 1 is 0.286 bits per heavy atom. The van der Waals surface area contributed by atoms with Gasteiger partial charge in [-0.15, -0.1) is 0 Å². The number of rotatable bonds is 40. The lowest BCUT2D eigenvalue weighted by Crippen LogP contribution is -2.41. The molecule has 12 heteroatoms. The van der Waals surface area contributed by atoms with Gasteiger partial charge in [-0.2, -0.15) is 0 Å². The average molecular weight is 1170 g/mol. The van der Waals surface area contributed by atoms with Crippen molar-refractivity contribution in [3.8, 4) is 23.0 Å². The molecular formula is C72H120N4O8+4. The van der Waals surface area contributed by atoms with Gasteiger partial charge in [-0.25, -0.2) is 0 Å². The molecule has 0 atom stereocenters. The van der Waals surface area contributed by atoms with Crippen LogP contribution in [0, 0.1) is 0 Å². The molecule has 12 nitrogen and oxygen atoms in total. The topological polar surface area (TPSA) is 118 Å². The number of likely N-dealkylation sites (N-methyl/N-ethyl adjacent to an activating group) is 4. The largest absolute Gasteiger partial charge is 0.493 e.